The Morgan fingerprint density at radius 2 is 0.250 bits per heavy atom. The minimum Gasteiger partial charge on any atom is -0.114 e. The Kier molecular flexibility index (Phi) is 32200. The van der Waals surface area contributed by atoms with E-state index in [0.717, 1.165) is 0 Å². The summed E-state index contributed by atoms with van der Waals surface area (Å²) in [6, 6.07) is 0. The van der Waals surface area contributed by atoms with E-state index >= 15 is 0 Å². The number of hydrogen-bond acceptors (Lipinski definition) is 0. The van der Waals surface area contributed by atoms with E-state index in [1.807, 2.05) is 0 Å². The monoisotopic (exact) mass is 256 g/mol. The Bertz CT molecular complexity index is 6.49. The van der Waals surface area contributed by atoms with Crippen molar-refractivity contribution in [2.75, 3.05) is 0 Å². The van der Waals surface area contributed by atoms with Gasteiger partial charge in [0.05, 0.1) is 0 Å². The van der Waals surface area contributed by atoms with E-state index in [1.165, 1.54) is 0 Å². The van der Waals surface area contributed by atoms with Crippen LogP contribution >= 0.6 is 34.0 Å². The Hall–Kier alpha value is 0.960. The smallest absolute Gasteiger partial charge is 0.0776 e. The Labute approximate surface area is 78.6 Å². The molecule has 64 valence electrons. The van der Waals surface area contributed by atoms with E-state index in [-0.39, 0.29) is 78.5 Å². The molecule has 0 bridgehead atoms. The first-order valence-corrected chi connectivity index (χ1v) is 0. The molecule has 0 aliphatic rings. The number of halogens is 2. The summed E-state index contributed by atoms with van der Waals surface area (Å²) in [6.45, 7) is 0. The lowest BCUT2D eigenvalue weighted by Gasteiger charge is -0.115. The van der Waals surface area contributed by atoms with Gasteiger partial charge in [-0.3, -0.25) is 0 Å². The predicted molar refractivity (Wildman–Crippen MR) is 61.0 cm³/mol. The molecule has 0 spiro atoms. The van der Waals surface area contributed by atoms with Crippen LogP contribution in [0, 0.1) is 0 Å². The summed E-state index contributed by atoms with van der Waals surface area (Å²) >= 11 is 0. The molecule has 0 aliphatic carbocycles. The highest BCUT2D eigenvalue weighted by Gasteiger charge is -0.0723. The van der Waals surface area contributed by atoms with Gasteiger partial charge < -0.3 is 0 Å². The summed E-state index contributed by atoms with van der Waals surface area (Å²) in [5.41, 5.74) is 0. The normalized spacial score (nSPS) is 0. The number of hydrogen-bond donors (Lipinski definition) is 0. The lowest BCUT2D eigenvalue weighted by Crippen LogP contribution is 0.143. The highest BCUT2D eigenvalue weighted by molar-refractivity contribution is 8.93. The molecule has 2 heteroatoms. The molecule has 0 saturated heterocycles. The van der Waals surface area contributed by atoms with Crippen molar-refractivity contribution in [3.05, 3.63) is 0 Å². The zero-order valence-corrected chi connectivity index (χ0v) is 4.24. The summed E-state index contributed by atoms with van der Waals surface area (Å²) in [4.78, 5) is 0. The van der Waals surface area contributed by atoms with E-state index in [2.05, 4.69) is 0 Å². The van der Waals surface area contributed by atoms with E-state index in [1.54, 1.807) is 0 Å². The molecule has 0 saturated carbocycles. The van der Waals surface area contributed by atoms with Crippen LogP contribution in [0.1, 0.15) is 44.6 Å². The van der Waals surface area contributed by atoms with Crippen LogP contribution in [-0.4, -0.2) is 0 Å². The summed E-state index contributed by atoms with van der Waals surface area (Å²) in [6.07, 6.45) is 0. The van der Waals surface area contributed by atoms with Crippen molar-refractivity contribution in [1.29, 1.82) is 0 Å². The third-order valence-corrected chi connectivity index (χ3v) is 0. The lowest BCUT2D eigenvalue weighted by atomic mass is 12.0. The fourth-order valence-electron chi connectivity index (χ4n) is 0. The summed E-state index contributed by atoms with van der Waals surface area (Å²) in [5, 5.41) is 0. The van der Waals surface area contributed by atoms with Crippen molar-refractivity contribution in [2.45, 2.75) is 44.6 Å². The summed E-state index contributed by atoms with van der Waals surface area (Å²) in [5.74, 6) is 0. The van der Waals surface area contributed by atoms with Crippen LogP contribution in [0.3, 0.4) is 0 Å². The van der Waals surface area contributed by atoms with Gasteiger partial charge in [0.15, 0.2) is 0 Å². The van der Waals surface area contributed by atoms with Crippen LogP contribution < -0.4 is 0 Å². The molecule has 0 amide bonds. The maximum absolute atomic E-state index is 0. The van der Waals surface area contributed by atoms with Crippen LogP contribution in [-0.2, 0) is 0 Å². The van der Waals surface area contributed by atoms with Crippen molar-refractivity contribution in [3.63, 3.8) is 0 Å². The van der Waals surface area contributed by atoms with E-state index in [9.17, 15) is 0 Å². The third kappa shape index (κ3) is 268. The van der Waals surface area contributed by atoms with Gasteiger partial charge in [0.1, 0.15) is 0 Å². The molecular weight excluding hydrogens is 232 g/mol. The Morgan fingerprint density at radius 3 is 0.250 bits per heavy atom. The minimum atomic E-state index is 0. The molecular formula is C6H26Br2. The molecule has 0 atom stereocenters. The molecule has 0 heterocycles. The lowest BCUT2D eigenvalue weighted by molar-refractivity contribution is 2.50. The second-order valence-electron chi connectivity index (χ2n) is 0. The van der Waals surface area contributed by atoms with Crippen molar-refractivity contribution in [3.8, 4) is 0 Å². The first-order chi connectivity index (χ1) is 0. The molecule has 0 aromatic heterocycles. The predicted octanol–water partition coefficient (Wildman–Crippen LogP) is 4.97. The van der Waals surface area contributed by atoms with Gasteiger partial charge in [-0.05, 0) is 0 Å². The molecule has 0 aliphatic heterocycles. The maximum Gasteiger partial charge on any atom is -0.0776 e. The highest BCUT2D eigenvalue weighted by Crippen LogP contribution is 0.847. The fourth-order valence-corrected chi connectivity index (χ4v) is 0. The zero-order valence-electron chi connectivity index (χ0n) is 0.816. The first-order valence-electron chi connectivity index (χ1n) is 0. The van der Waals surface area contributed by atoms with Crippen molar-refractivity contribution in [1.82, 2.24) is 0 Å². The van der Waals surface area contributed by atoms with Gasteiger partial charge in [-0.2, -0.15) is 0 Å². The van der Waals surface area contributed by atoms with Gasteiger partial charge in [0.25, 0.3) is 0 Å². The number of rotatable bonds is 0. The van der Waals surface area contributed by atoms with Crippen LogP contribution in [0.25, 0.3) is 0 Å². The van der Waals surface area contributed by atoms with E-state index in [4.69, 9.17) is 0 Å². The second-order valence-corrected chi connectivity index (χ2v) is 0. The quantitative estimate of drug-likeness (QED) is 0.575. The third-order valence-electron chi connectivity index (χ3n) is 0. The van der Waals surface area contributed by atoms with Crippen LogP contribution in [0.15, 0.2) is 0 Å². The molecule has 0 radical (unpaired) electrons. The van der Waals surface area contributed by atoms with Gasteiger partial charge in [-0.1, -0.05) is 44.6 Å². The second kappa shape index (κ2) is 418. The summed E-state index contributed by atoms with van der Waals surface area (Å²) in [7, 11) is 0. The summed E-state index contributed by atoms with van der Waals surface area (Å²) < 4.78 is 0. The standard InChI is InChI=1S/6CH4.2BrH/h6*1H4;2*1H. The van der Waals surface area contributed by atoms with Crippen LogP contribution in [0.5, 0.6) is 0 Å². The molecule has 0 N–H and O–H groups in total. The van der Waals surface area contributed by atoms with E-state index < -0.39 is 0 Å². The van der Waals surface area contributed by atoms with Crippen molar-refractivity contribution < 1.29 is 0 Å². The molecule has 0 rings (SSSR count). The molecule has 0 nitrogen and oxygen atoms in total. The average molecular weight is 258 g/mol. The molecule has 0 unspecified atom stereocenters. The largest absolute Gasteiger partial charge is 0.114 e. The Balaban J connectivity index is 0. The van der Waals surface area contributed by atoms with Crippen molar-refractivity contribution >= 4 is 34.0 Å². The van der Waals surface area contributed by atoms with Gasteiger partial charge in [0.2, 0.25) is 0 Å². The van der Waals surface area contributed by atoms with Crippen LogP contribution in [0.2, 0.25) is 0 Å². The molecule has 0 aromatic rings. The molecule has 0 aromatic carbocycles. The molecule has 8 heavy (non-hydrogen) atoms. The van der Waals surface area contributed by atoms with Gasteiger partial charge in [-0.15, -0.1) is 34.0 Å². The fraction of sp³-hybridized carbons (Fsp3) is 1.00. The maximum atomic E-state index is 0. The molecule has 0 fully saturated rings. The van der Waals surface area contributed by atoms with Gasteiger partial charge in [-0.25, -0.2) is 0 Å². The van der Waals surface area contributed by atoms with Gasteiger partial charge in [0, 0.05) is 0 Å². The zero-order chi connectivity index (χ0) is 0. The van der Waals surface area contributed by atoms with E-state index in [0.29, 0.717) is 0 Å². The first kappa shape index (κ1) is 616. The Morgan fingerprint density at radius 1 is 0.250 bits per heavy atom. The minimum absolute atomic E-state index is 0. The van der Waals surface area contributed by atoms with Gasteiger partial charge >= 0.3 is 0 Å². The topological polar surface area (TPSA) is 0 Å². The van der Waals surface area contributed by atoms with Crippen LogP contribution in [0.4, 0.5) is 0 Å². The van der Waals surface area contributed by atoms with Crippen molar-refractivity contribution in [2.24, 2.45) is 0 Å². The average Bonchev–Trinajstić information content (AvgIpc) is 0. The highest BCUT2D eigenvalue weighted by atomic mass is 79.9. The SMILES string of the molecule is Br.Br.C.C.C.C.C.C.